The summed E-state index contributed by atoms with van der Waals surface area (Å²) in [5.41, 5.74) is 5.69. The molecule has 0 saturated carbocycles. The molecule has 2 aromatic carbocycles. The van der Waals surface area contributed by atoms with E-state index in [-0.39, 0.29) is 0 Å². The molecule has 0 radical (unpaired) electrons. The molecule has 1 N–H and O–H groups in total. The van der Waals surface area contributed by atoms with Crippen LogP contribution in [-0.4, -0.2) is 5.71 Å². The number of hydrogen-bond donors (Lipinski definition) is 1. The molecule has 0 aliphatic heterocycles. The summed E-state index contributed by atoms with van der Waals surface area (Å²) in [5, 5.41) is 8.09. The number of hydrogen-bond acceptors (Lipinski definition) is 1. The Hall–Kier alpha value is -2.93. The van der Waals surface area contributed by atoms with Gasteiger partial charge in [-0.05, 0) is 42.2 Å². The van der Waals surface area contributed by atoms with Crippen LogP contribution < -0.4 is 0 Å². The molecule has 2 rings (SSSR count). The number of rotatable bonds is 6. The van der Waals surface area contributed by atoms with Gasteiger partial charge >= 0.3 is 0 Å². The molecule has 0 unspecified atom stereocenters. The Morgan fingerprint density at radius 3 is 2.17 bits per heavy atom. The van der Waals surface area contributed by atoms with Crippen molar-refractivity contribution in [3.63, 3.8) is 0 Å². The molecule has 0 fully saturated rings. The summed E-state index contributed by atoms with van der Waals surface area (Å²) in [4.78, 5) is 0. The molecule has 0 aliphatic carbocycles. The van der Waals surface area contributed by atoms with E-state index in [2.05, 4.69) is 43.0 Å². The Balaban J connectivity index is 2.05. The summed E-state index contributed by atoms with van der Waals surface area (Å²) < 4.78 is 0. The van der Waals surface area contributed by atoms with Crippen LogP contribution in [0.3, 0.4) is 0 Å². The zero-order valence-electron chi connectivity index (χ0n) is 14.3. The Morgan fingerprint density at radius 2 is 1.54 bits per heavy atom. The van der Waals surface area contributed by atoms with Gasteiger partial charge in [-0.15, -0.1) is 0 Å². The molecule has 24 heavy (non-hydrogen) atoms. The highest BCUT2D eigenvalue weighted by atomic mass is 14.4. The SMILES string of the molecule is C=C(/C=C(C)\C=C\C)C(=N)/C=C\c1ccc(-c2ccccc2)cc1. The van der Waals surface area contributed by atoms with E-state index in [4.69, 9.17) is 5.41 Å². The molecule has 0 amide bonds. The summed E-state index contributed by atoms with van der Waals surface area (Å²) in [6.45, 7) is 7.94. The van der Waals surface area contributed by atoms with Crippen molar-refractivity contribution in [2.45, 2.75) is 13.8 Å². The topological polar surface area (TPSA) is 23.9 Å². The average molecular weight is 313 g/mol. The summed E-state index contributed by atoms with van der Waals surface area (Å²) in [5.74, 6) is 0. The molecule has 1 nitrogen and oxygen atoms in total. The Morgan fingerprint density at radius 1 is 0.917 bits per heavy atom. The summed E-state index contributed by atoms with van der Waals surface area (Å²) >= 11 is 0. The predicted octanol–water partition coefficient (Wildman–Crippen LogP) is 6.47. The quantitative estimate of drug-likeness (QED) is 0.467. The van der Waals surface area contributed by atoms with Crippen LogP contribution in [0.5, 0.6) is 0 Å². The average Bonchev–Trinajstić information content (AvgIpc) is 2.61. The third kappa shape index (κ3) is 5.06. The normalized spacial score (nSPS) is 12.0. The molecular formula is C23H23N. The summed E-state index contributed by atoms with van der Waals surface area (Å²) in [7, 11) is 0. The van der Waals surface area contributed by atoms with Crippen molar-refractivity contribution in [3.8, 4) is 11.1 Å². The van der Waals surface area contributed by atoms with E-state index in [9.17, 15) is 0 Å². The van der Waals surface area contributed by atoms with E-state index >= 15 is 0 Å². The molecule has 1 heteroatoms. The first-order chi connectivity index (χ1) is 11.6. The van der Waals surface area contributed by atoms with Gasteiger partial charge in [0.2, 0.25) is 0 Å². The van der Waals surface area contributed by atoms with Crippen molar-refractivity contribution >= 4 is 11.8 Å². The van der Waals surface area contributed by atoms with Crippen LogP contribution in [0.1, 0.15) is 19.4 Å². The first-order valence-corrected chi connectivity index (χ1v) is 8.02. The lowest BCUT2D eigenvalue weighted by atomic mass is 10.0. The number of benzene rings is 2. The third-order valence-electron chi connectivity index (χ3n) is 3.64. The fraction of sp³-hybridized carbons (Fsp3) is 0.0870. The van der Waals surface area contributed by atoms with Gasteiger partial charge in [-0.1, -0.05) is 91.1 Å². The number of allylic oxidation sites excluding steroid dienone is 6. The van der Waals surface area contributed by atoms with E-state index in [1.165, 1.54) is 11.1 Å². The van der Waals surface area contributed by atoms with Crippen LogP contribution in [0, 0.1) is 5.41 Å². The minimum atomic E-state index is 0.422. The maximum Gasteiger partial charge on any atom is 0.0606 e. The van der Waals surface area contributed by atoms with E-state index < -0.39 is 0 Å². The van der Waals surface area contributed by atoms with Crippen LogP contribution in [0.25, 0.3) is 17.2 Å². The van der Waals surface area contributed by atoms with Gasteiger partial charge < -0.3 is 5.41 Å². The highest BCUT2D eigenvalue weighted by Crippen LogP contribution is 2.19. The van der Waals surface area contributed by atoms with Gasteiger partial charge in [-0.3, -0.25) is 0 Å². The maximum atomic E-state index is 8.09. The minimum absolute atomic E-state index is 0.422. The molecule has 0 spiro atoms. The van der Waals surface area contributed by atoms with Crippen molar-refractivity contribution in [1.29, 1.82) is 5.41 Å². The first-order valence-electron chi connectivity index (χ1n) is 8.02. The summed E-state index contributed by atoms with van der Waals surface area (Å²) in [6.07, 6.45) is 9.64. The minimum Gasteiger partial charge on any atom is -0.300 e. The molecular weight excluding hydrogens is 290 g/mol. The second kappa shape index (κ2) is 8.64. The van der Waals surface area contributed by atoms with Gasteiger partial charge in [0.05, 0.1) is 5.71 Å². The van der Waals surface area contributed by atoms with Gasteiger partial charge in [-0.25, -0.2) is 0 Å². The fourth-order valence-electron chi connectivity index (χ4n) is 2.37. The van der Waals surface area contributed by atoms with E-state index in [0.29, 0.717) is 11.3 Å². The van der Waals surface area contributed by atoms with Crippen molar-refractivity contribution in [2.75, 3.05) is 0 Å². The lowest BCUT2D eigenvalue weighted by Crippen LogP contribution is -1.93. The molecule has 0 saturated heterocycles. The molecule has 0 bridgehead atoms. The van der Waals surface area contributed by atoms with E-state index in [0.717, 1.165) is 11.1 Å². The fourth-order valence-corrected chi connectivity index (χ4v) is 2.37. The van der Waals surface area contributed by atoms with Crippen LogP contribution in [0.15, 0.2) is 96.6 Å². The van der Waals surface area contributed by atoms with E-state index in [1.807, 2.05) is 56.4 Å². The highest BCUT2D eigenvalue weighted by Gasteiger charge is 1.98. The smallest absolute Gasteiger partial charge is 0.0606 e. The van der Waals surface area contributed by atoms with Gasteiger partial charge in [0.1, 0.15) is 0 Å². The molecule has 120 valence electrons. The lowest BCUT2D eigenvalue weighted by Gasteiger charge is -2.02. The molecule has 0 heterocycles. The van der Waals surface area contributed by atoms with Crippen LogP contribution in [0.4, 0.5) is 0 Å². The predicted molar refractivity (Wildman–Crippen MR) is 106 cm³/mol. The molecule has 0 atom stereocenters. The van der Waals surface area contributed by atoms with Crippen LogP contribution in [-0.2, 0) is 0 Å². The molecule has 2 aromatic rings. The monoisotopic (exact) mass is 313 g/mol. The second-order valence-corrected chi connectivity index (χ2v) is 5.65. The Kier molecular flexibility index (Phi) is 6.27. The zero-order valence-corrected chi connectivity index (χ0v) is 14.3. The first kappa shape index (κ1) is 17.4. The highest BCUT2D eigenvalue weighted by molar-refractivity contribution is 6.09. The molecule has 0 aromatic heterocycles. The summed E-state index contributed by atoms with van der Waals surface area (Å²) in [6, 6.07) is 18.6. The standard InChI is InChI=1S/C23H23N/c1-4-8-18(2)17-19(3)23(24)16-13-20-11-14-22(15-12-20)21-9-6-5-7-10-21/h4-17,24H,3H2,1-2H3/b8-4+,16-13-,18-17-,24-23?. The van der Waals surface area contributed by atoms with Crippen molar-refractivity contribution in [3.05, 3.63) is 102 Å². The van der Waals surface area contributed by atoms with Gasteiger partial charge in [0.25, 0.3) is 0 Å². The van der Waals surface area contributed by atoms with Crippen molar-refractivity contribution in [2.24, 2.45) is 0 Å². The Bertz CT molecular complexity index is 788. The van der Waals surface area contributed by atoms with Crippen LogP contribution in [0.2, 0.25) is 0 Å². The largest absolute Gasteiger partial charge is 0.300 e. The third-order valence-corrected chi connectivity index (χ3v) is 3.64. The van der Waals surface area contributed by atoms with E-state index in [1.54, 1.807) is 6.08 Å². The number of nitrogens with one attached hydrogen (secondary N) is 1. The van der Waals surface area contributed by atoms with Gasteiger partial charge in [0.15, 0.2) is 0 Å². The lowest BCUT2D eigenvalue weighted by molar-refractivity contribution is 1.46. The zero-order chi connectivity index (χ0) is 17.4. The van der Waals surface area contributed by atoms with Crippen molar-refractivity contribution < 1.29 is 0 Å². The van der Waals surface area contributed by atoms with Gasteiger partial charge in [0, 0.05) is 0 Å². The molecule has 0 aliphatic rings. The van der Waals surface area contributed by atoms with Crippen LogP contribution >= 0.6 is 0 Å². The second-order valence-electron chi connectivity index (χ2n) is 5.65. The van der Waals surface area contributed by atoms with Crippen molar-refractivity contribution in [1.82, 2.24) is 0 Å². The van der Waals surface area contributed by atoms with Gasteiger partial charge in [-0.2, -0.15) is 0 Å². The Labute approximate surface area is 144 Å². The maximum absolute atomic E-state index is 8.09.